The lowest BCUT2D eigenvalue weighted by Crippen LogP contribution is -2.52. The largest absolute Gasteiger partial charge is 0.484 e. The molecule has 1 N–H and O–H groups in total. The van der Waals surface area contributed by atoms with E-state index in [2.05, 4.69) is 5.32 Å². The lowest BCUT2D eigenvalue weighted by Gasteiger charge is -2.33. The third kappa shape index (κ3) is 6.97. The van der Waals surface area contributed by atoms with Crippen molar-refractivity contribution in [2.45, 2.75) is 77.9 Å². The molecule has 1 saturated carbocycles. The van der Waals surface area contributed by atoms with Crippen LogP contribution in [-0.4, -0.2) is 35.4 Å². The smallest absolute Gasteiger partial charge is 0.261 e. The molecule has 5 nitrogen and oxygen atoms in total. The van der Waals surface area contributed by atoms with Gasteiger partial charge in [-0.25, -0.2) is 0 Å². The van der Waals surface area contributed by atoms with Gasteiger partial charge in [0.2, 0.25) is 5.91 Å². The van der Waals surface area contributed by atoms with Gasteiger partial charge in [0.05, 0.1) is 0 Å². The number of hydrogen-bond acceptors (Lipinski definition) is 3. The van der Waals surface area contributed by atoms with Crippen molar-refractivity contribution in [2.75, 3.05) is 6.61 Å². The number of nitrogens with zero attached hydrogens (tertiary/aromatic N) is 1. The van der Waals surface area contributed by atoms with Crippen molar-refractivity contribution in [3.05, 3.63) is 64.2 Å². The highest BCUT2D eigenvalue weighted by atomic mass is 35.5. The van der Waals surface area contributed by atoms with Gasteiger partial charge in [0, 0.05) is 17.6 Å². The third-order valence-electron chi connectivity index (χ3n) is 6.43. The predicted octanol–water partition coefficient (Wildman–Crippen LogP) is 5.59. The Hall–Kier alpha value is -2.53. The number of carbonyl (C=O) groups excluding carboxylic acids is 2. The fourth-order valence-corrected chi connectivity index (χ4v) is 4.49. The molecule has 1 aliphatic rings. The van der Waals surface area contributed by atoms with E-state index in [0.29, 0.717) is 23.7 Å². The minimum Gasteiger partial charge on any atom is -0.484 e. The molecular formula is C27H35ClN2O3. The standard InChI is InChI=1S/C27H35ClN2O3/c1-4-25(27(32)29-22-12-6-5-7-13-22)30(17-21-11-9-8-10-19(21)2)26(31)18-33-23-14-15-24(28)20(3)16-23/h8-11,14-16,22,25H,4-7,12-13,17-18H2,1-3H3,(H,29,32)/t25-/m0/s1. The second-order valence-corrected chi connectivity index (χ2v) is 9.32. The van der Waals surface area contributed by atoms with E-state index in [-0.39, 0.29) is 24.5 Å². The number of benzene rings is 2. The first-order chi connectivity index (χ1) is 15.9. The average Bonchev–Trinajstić information content (AvgIpc) is 2.81. The molecule has 0 aromatic heterocycles. The molecule has 0 radical (unpaired) electrons. The fraction of sp³-hybridized carbons (Fsp3) is 0.481. The van der Waals surface area contributed by atoms with Gasteiger partial charge in [0.25, 0.3) is 5.91 Å². The Morgan fingerprint density at radius 2 is 1.82 bits per heavy atom. The molecule has 2 aromatic rings. The van der Waals surface area contributed by atoms with Gasteiger partial charge in [-0.1, -0.05) is 62.1 Å². The summed E-state index contributed by atoms with van der Waals surface area (Å²) < 4.78 is 5.80. The highest BCUT2D eigenvalue weighted by Crippen LogP contribution is 2.22. The van der Waals surface area contributed by atoms with Gasteiger partial charge in [0.1, 0.15) is 11.8 Å². The van der Waals surface area contributed by atoms with Gasteiger partial charge in [-0.05, 0) is 68.0 Å². The van der Waals surface area contributed by atoms with Gasteiger partial charge < -0.3 is 15.0 Å². The van der Waals surface area contributed by atoms with Crippen molar-refractivity contribution < 1.29 is 14.3 Å². The quantitative estimate of drug-likeness (QED) is 0.519. The minimum absolute atomic E-state index is 0.0753. The molecule has 178 valence electrons. The maximum Gasteiger partial charge on any atom is 0.261 e. The summed E-state index contributed by atoms with van der Waals surface area (Å²) in [4.78, 5) is 28.3. The van der Waals surface area contributed by atoms with E-state index in [1.807, 2.05) is 51.1 Å². The summed E-state index contributed by atoms with van der Waals surface area (Å²) in [6, 6.07) is 12.9. The molecule has 3 rings (SSSR count). The Labute approximate surface area is 202 Å². The number of nitrogens with one attached hydrogen (secondary N) is 1. The second-order valence-electron chi connectivity index (χ2n) is 8.92. The summed E-state index contributed by atoms with van der Waals surface area (Å²) in [5, 5.41) is 3.86. The van der Waals surface area contributed by atoms with Crippen molar-refractivity contribution in [3.63, 3.8) is 0 Å². The summed E-state index contributed by atoms with van der Waals surface area (Å²) in [6.07, 6.45) is 6.06. The molecule has 0 spiro atoms. The van der Waals surface area contributed by atoms with Crippen LogP contribution in [0.15, 0.2) is 42.5 Å². The van der Waals surface area contributed by atoms with Crippen LogP contribution in [0.5, 0.6) is 5.75 Å². The molecule has 0 heterocycles. The molecule has 6 heteroatoms. The Bertz CT molecular complexity index is 956. The molecule has 2 aromatic carbocycles. The molecule has 0 aliphatic heterocycles. The highest BCUT2D eigenvalue weighted by Gasteiger charge is 2.30. The molecule has 33 heavy (non-hydrogen) atoms. The van der Waals surface area contributed by atoms with E-state index in [0.717, 1.165) is 42.4 Å². The van der Waals surface area contributed by atoms with Gasteiger partial charge >= 0.3 is 0 Å². The van der Waals surface area contributed by atoms with Crippen molar-refractivity contribution in [3.8, 4) is 5.75 Å². The zero-order chi connectivity index (χ0) is 23.8. The molecule has 1 atom stereocenters. The zero-order valence-corrected chi connectivity index (χ0v) is 20.7. The molecule has 0 unspecified atom stereocenters. The molecule has 1 aliphatic carbocycles. The van der Waals surface area contributed by atoms with Crippen molar-refractivity contribution in [2.24, 2.45) is 0 Å². The minimum atomic E-state index is -0.547. The molecule has 2 amide bonds. The zero-order valence-electron chi connectivity index (χ0n) is 19.9. The first-order valence-electron chi connectivity index (χ1n) is 11.9. The number of halogens is 1. The Morgan fingerprint density at radius 3 is 2.48 bits per heavy atom. The maximum absolute atomic E-state index is 13.4. The second kappa shape index (κ2) is 12.1. The lowest BCUT2D eigenvalue weighted by molar-refractivity contribution is -0.143. The topological polar surface area (TPSA) is 58.6 Å². The normalized spacial score (nSPS) is 15.0. The van der Waals surface area contributed by atoms with E-state index >= 15 is 0 Å². The number of ether oxygens (including phenoxy) is 1. The third-order valence-corrected chi connectivity index (χ3v) is 6.86. The van der Waals surface area contributed by atoms with Gasteiger partial charge in [-0.15, -0.1) is 0 Å². The molecule has 1 fully saturated rings. The first-order valence-corrected chi connectivity index (χ1v) is 12.3. The van der Waals surface area contributed by atoms with Crippen LogP contribution in [0.4, 0.5) is 0 Å². The summed E-state index contributed by atoms with van der Waals surface area (Å²) in [5.74, 6) is 0.297. The van der Waals surface area contributed by atoms with E-state index in [1.54, 1.807) is 17.0 Å². The van der Waals surface area contributed by atoms with Crippen LogP contribution in [0.25, 0.3) is 0 Å². The number of carbonyl (C=O) groups is 2. The van der Waals surface area contributed by atoms with Crippen LogP contribution < -0.4 is 10.1 Å². The van der Waals surface area contributed by atoms with Crippen LogP contribution in [0.2, 0.25) is 5.02 Å². The number of rotatable bonds is 9. The lowest BCUT2D eigenvalue weighted by atomic mass is 9.95. The Balaban J connectivity index is 1.77. The van der Waals surface area contributed by atoms with E-state index < -0.39 is 6.04 Å². The Kier molecular flexibility index (Phi) is 9.19. The van der Waals surface area contributed by atoms with E-state index in [4.69, 9.17) is 16.3 Å². The average molecular weight is 471 g/mol. The van der Waals surface area contributed by atoms with Crippen molar-refractivity contribution in [1.82, 2.24) is 10.2 Å². The molecule has 0 bridgehead atoms. The van der Waals surface area contributed by atoms with Crippen LogP contribution in [0, 0.1) is 13.8 Å². The number of aryl methyl sites for hydroxylation is 2. The molecular weight excluding hydrogens is 436 g/mol. The highest BCUT2D eigenvalue weighted by molar-refractivity contribution is 6.31. The van der Waals surface area contributed by atoms with Crippen LogP contribution in [-0.2, 0) is 16.1 Å². The fourth-order valence-electron chi connectivity index (χ4n) is 4.37. The summed E-state index contributed by atoms with van der Waals surface area (Å²) in [5.41, 5.74) is 3.00. The first kappa shape index (κ1) is 25.1. The van der Waals surface area contributed by atoms with Gasteiger partial charge in [-0.3, -0.25) is 9.59 Å². The SMILES string of the molecule is CC[C@@H](C(=O)NC1CCCCC1)N(Cc1ccccc1C)C(=O)COc1ccc(Cl)c(C)c1. The van der Waals surface area contributed by atoms with Gasteiger partial charge in [-0.2, -0.15) is 0 Å². The van der Waals surface area contributed by atoms with Gasteiger partial charge in [0.15, 0.2) is 6.61 Å². The predicted molar refractivity (Wildman–Crippen MR) is 133 cm³/mol. The van der Waals surface area contributed by atoms with E-state index in [1.165, 1.54) is 6.42 Å². The molecule has 0 saturated heterocycles. The van der Waals surface area contributed by atoms with Crippen molar-refractivity contribution in [1.29, 1.82) is 0 Å². The summed E-state index contributed by atoms with van der Waals surface area (Å²) in [6.45, 7) is 6.09. The van der Waals surface area contributed by atoms with E-state index in [9.17, 15) is 9.59 Å². The summed E-state index contributed by atoms with van der Waals surface area (Å²) in [7, 11) is 0. The van der Waals surface area contributed by atoms with Crippen LogP contribution in [0.3, 0.4) is 0 Å². The van der Waals surface area contributed by atoms with Crippen LogP contribution in [0.1, 0.15) is 62.1 Å². The Morgan fingerprint density at radius 1 is 1.09 bits per heavy atom. The van der Waals surface area contributed by atoms with Crippen molar-refractivity contribution >= 4 is 23.4 Å². The monoisotopic (exact) mass is 470 g/mol. The number of hydrogen-bond donors (Lipinski definition) is 1. The summed E-state index contributed by atoms with van der Waals surface area (Å²) >= 11 is 6.10. The van der Waals surface area contributed by atoms with Crippen LogP contribution >= 0.6 is 11.6 Å². The number of amides is 2. The maximum atomic E-state index is 13.4.